The van der Waals surface area contributed by atoms with Gasteiger partial charge in [-0.3, -0.25) is 0 Å². The molecule has 134 valence electrons. The van der Waals surface area contributed by atoms with E-state index in [2.05, 4.69) is 17.4 Å². The maximum absolute atomic E-state index is 11.7. The fourth-order valence-electron chi connectivity index (χ4n) is 2.31. The number of carbonyl (C=O) groups excluding carboxylic acids is 1. The second-order valence-electron chi connectivity index (χ2n) is 6.49. The van der Waals surface area contributed by atoms with Crippen molar-refractivity contribution >= 4 is 12.1 Å². The Kier molecular flexibility index (Phi) is 8.90. The lowest BCUT2D eigenvalue weighted by atomic mass is 9.95. The number of alkyl carbamates (subject to hydrolysis) is 1. The van der Waals surface area contributed by atoms with Crippen molar-refractivity contribution < 1.29 is 19.4 Å². The number of hydrogen-bond acceptors (Lipinski definition) is 3. The molecule has 0 aromatic heterocycles. The maximum Gasteiger partial charge on any atom is 0.407 e. The van der Waals surface area contributed by atoms with Crippen LogP contribution < -0.4 is 5.32 Å². The highest BCUT2D eigenvalue weighted by Crippen LogP contribution is 2.17. The second-order valence-corrected chi connectivity index (χ2v) is 6.49. The quantitative estimate of drug-likeness (QED) is 0.680. The predicted octanol–water partition coefficient (Wildman–Crippen LogP) is 3.87. The van der Waals surface area contributed by atoms with Gasteiger partial charge in [-0.25, -0.2) is 9.59 Å². The van der Waals surface area contributed by atoms with Crippen LogP contribution in [0.1, 0.15) is 45.6 Å². The number of nitrogens with one attached hydrogen (secondary N) is 1. The smallest absolute Gasteiger partial charge is 0.407 e. The fraction of sp³-hybridized carbons (Fsp3) is 0.579. The van der Waals surface area contributed by atoms with Gasteiger partial charge in [-0.1, -0.05) is 57.5 Å². The maximum atomic E-state index is 11.7. The Morgan fingerprint density at radius 2 is 1.83 bits per heavy atom. The molecule has 2 N–H and O–H groups in total. The lowest BCUT2D eigenvalue weighted by Gasteiger charge is -2.19. The van der Waals surface area contributed by atoms with Crippen LogP contribution in [0.4, 0.5) is 4.79 Å². The zero-order valence-electron chi connectivity index (χ0n) is 14.8. The molecular formula is C19H29NO4. The summed E-state index contributed by atoms with van der Waals surface area (Å²) in [6.07, 6.45) is 1.24. The Labute approximate surface area is 144 Å². The van der Waals surface area contributed by atoms with Crippen molar-refractivity contribution in [3.05, 3.63) is 35.9 Å². The molecule has 0 saturated carbocycles. The first kappa shape index (κ1) is 20.0. The van der Waals surface area contributed by atoms with Crippen molar-refractivity contribution in [3.63, 3.8) is 0 Å². The third kappa shape index (κ3) is 7.99. The number of ether oxygens (including phenoxy) is 1. The molecule has 1 aromatic rings. The summed E-state index contributed by atoms with van der Waals surface area (Å²) in [6.45, 7) is 6.53. The summed E-state index contributed by atoms with van der Waals surface area (Å²) >= 11 is 0. The Morgan fingerprint density at radius 3 is 2.42 bits per heavy atom. The van der Waals surface area contributed by atoms with Crippen molar-refractivity contribution in [1.29, 1.82) is 0 Å². The van der Waals surface area contributed by atoms with Crippen LogP contribution in [0, 0.1) is 11.8 Å². The van der Waals surface area contributed by atoms with Gasteiger partial charge in [-0.05, 0) is 36.7 Å². The first-order chi connectivity index (χ1) is 11.4. The summed E-state index contributed by atoms with van der Waals surface area (Å²) in [7, 11) is 0. The molecule has 0 fully saturated rings. The molecule has 1 unspecified atom stereocenters. The molecule has 1 aromatic carbocycles. The normalized spacial score (nSPS) is 14.5. The SMILES string of the molecule is CC[C@H](C)CNC(=O)O[C@@H](CC(C)CCc1ccccc1)C(=O)O. The van der Waals surface area contributed by atoms with E-state index in [1.807, 2.05) is 39.0 Å². The average molecular weight is 335 g/mol. The molecule has 5 nitrogen and oxygen atoms in total. The van der Waals surface area contributed by atoms with Gasteiger partial charge >= 0.3 is 12.1 Å². The fourth-order valence-corrected chi connectivity index (χ4v) is 2.31. The van der Waals surface area contributed by atoms with E-state index in [0.717, 1.165) is 19.3 Å². The zero-order chi connectivity index (χ0) is 17.9. The third-order valence-electron chi connectivity index (χ3n) is 4.20. The molecule has 0 heterocycles. The van der Waals surface area contributed by atoms with Crippen LogP contribution in [-0.2, 0) is 16.0 Å². The van der Waals surface area contributed by atoms with Crippen LogP contribution in [-0.4, -0.2) is 29.8 Å². The molecule has 3 atom stereocenters. The Morgan fingerprint density at radius 1 is 1.17 bits per heavy atom. The van der Waals surface area contributed by atoms with Crippen molar-refractivity contribution in [3.8, 4) is 0 Å². The van der Waals surface area contributed by atoms with E-state index in [1.165, 1.54) is 5.56 Å². The van der Waals surface area contributed by atoms with Gasteiger partial charge in [0.1, 0.15) is 0 Å². The van der Waals surface area contributed by atoms with E-state index < -0.39 is 18.2 Å². The average Bonchev–Trinajstić information content (AvgIpc) is 2.58. The van der Waals surface area contributed by atoms with Crippen LogP contribution in [0.5, 0.6) is 0 Å². The number of aryl methyl sites for hydroxylation is 1. The number of hydrogen-bond donors (Lipinski definition) is 2. The standard InChI is InChI=1S/C19H29NO4/c1-4-14(2)13-20-19(23)24-17(18(21)22)12-15(3)10-11-16-8-6-5-7-9-16/h5-9,14-15,17H,4,10-13H2,1-3H3,(H,20,23)(H,21,22)/t14-,15?,17-/m0/s1. The number of aliphatic carboxylic acids is 1. The molecule has 0 saturated heterocycles. The van der Waals surface area contributed by atoms with Gasteiger partial charge in [-0.2, -0.15) is 0 Å². The predicted molar refractivity (Wildman–Crippen MR) is 93.9 cm³/mol. The van der Waals surface area contributed by atoms with Gasteiger partial charge < -0.3 is 15.2 Å². The summed E-state index contributed by atoms with van der Waals surface area (Å²) in [5.41, 5.74) is 1.23. The molecule has 1 amide bonds. The van der Waals surface area contributed by atoms with Gasteiger partial charge in [0, 0.05) is 6.54 Å². The van der Waals surface area contributed by atoms with Crippen LogP contribution in [0.15, 0.2) is 30.3 Å². The van der Waals surface area contributed by atoms with E-state index in [-0.39, 0.29) is 5.92 Å². The van der Waals surface area contributed by atoms with Gasteiger partial charge in [0.2, 0.25) is 6.10 Å². The van der Waals surface area contributed by atoms with Gasteiger partial charge in [0.05, 0.1) is 0 Å². The monoisotopic (exact) mass is 335 g/mol. The highest BCUT2D eigenvalue weighted by Gasteiger charge is 2.24. The number of rotatable bonds is 10. The molecule has 0 bridgehead atoms. The highest BCUT2D eigenvalue weighted by molar-refractivity contribution is 5.77. The summed E-state index contributed by atoms with van der Waals surface area (Å²) in [4.78, 5) is 23.1. The molecule has 5 heteroatoms. The summed E-state index contributed by atoms with van der Waals surface area (Å²) in [6, 6.07) is 10.1. The van der Waals surface area contributed by atoms with Crippen molar-refractivity contribution in [2.75, 3.05) is 6.54 Å². The largest absolute Gasteiger partial charge is 0.479 e. The number of amides is 1. The summed E-state index contributed by atoms with van der Waals surface area (Å²) < 4.78 is 5.08. The summed E-state index contributed by atoms with van der Waals surface area (Å²) in [5, 5.41) is 11.9. The van der Waals surface area contributed by atoms with Gasteiger partial charge in [0.15, 0.2) is 0 Å². The first-order valence-electron chi connectivity index (χ1n) is 8.63. The molecule has 0 radical (unpaired) electrons. The first-order valence-corrected chi connectivity index (χ1v) is 8.63. The minimum Gasteiger partial charge on any atom is -0.479 e. The Bertz CT molecular complexity index is 503. The third-order valence-corrected chi connectivity index (χ3v) is 4.20. The van der Waals surface area contributed by atoms with E-state index in [9.17, 15) is 14.7 Å². The number of carbonyl (C=O) groups is 2. The molecule has 24 heavy (non-hydrogen) atoms. The highest BCUT2D eigenvalue weighted by atomic mass is 16.6. The van der Waals surface area contributed by atoms with Crippen LogP contribution in [0.3, 0.4) is 0 Å². The van der Waals surface area contributed by atoms with Crippen LogP contribution in [0.25, 0.3) is 0 Å². The number of benzene rings is 1. The van der Waals surface area contributed by atoms with Gasteiger partial charge in [-0.15, -0.1) is 0 Å². The summed E-state index contributed by atoms with van der Waals surface area (Å²) in [5.74, 6) is -0.612. The molecule has 0 aliphatic carbocycles. The zero-order valence-corrected chi connectivity index (χ0v) is 14.8. The minimum absolute atomic E-state index is 0.147. The molecular weight excluding hydrogens is 306 g/mol. The van der Waals surface area contributed by atoms with Crippen molar-refractivity contribution in [2.24, 2.45) is 11.8 Å². The molecule has 0 aliphatic rings. The van der Waals surface area contributed by atoms with E-state index in [4.69, 9.17) is 4.74 Å². The van der Waals surface area contributed by atoms with Crippen molar-refractivity contribution in [2.45, 2.75) is 52.6 Å². The number of carboxylic acid groups (broad SMARTS) is 1. The number of carboxylic acids is 1. The molecule has 0 aliphatic heterocycles. The molecule has 0 spiro atoms. The van der Waals surface area contributed by atoms with Crippen LogP contribution in [0.2, 0.25) is 0 Å². The van der Waals surface area contributed by atoms with E-state index in [0.29, 0.717) is 18.9 Å². The van der Waals surface area contributed by atoms with Crippen molar-refractivity contribution in [1.82, 2.24) is 5.32 Å². The lowest BCUT2D eigenvalue weighted by Crippen LogP contribution is -2.36. The van der Waals surface area contributed by atoms with Gasteiger partial charge in [0.25, 0.3) is 0 Å². The van der Waals surface area contributed by atoms with E-state index in [1.54, 1.807) is 0 Å². The second kappa shape index (κ2) is 10.7. The lowest BCUT2D eigenvalue weighted by molar-refractivity contribution is -0.147. The Hall–Kier alpha value is -2.04. The van der Waals surface area contributed by atoms with E-state index >= 15 is 0 Å². The molecule has 1 rings (SSSR count). The van der Waals surface area contributed by atoms with Crippen LogP contribution >= 0.6 is 0 Å². The topological polar surface area (TPSA) is 75.6 Å². The Balaban J connectivity index is 2.41. The minimum atomic E-state index is -1.10.